The molecule has 0 saturated heterocycles. The van der Waals surface area contributed by atoms with Gasteiger partial charge < -0.3 is 9.05 Å². The second-order valence-corrected chi connectivity index (χ2v) is 5.84. The smallest absolute Gasteiger partial charge is 0.308 e. The van der Waals surface area contributed by atoms with Gasteiger partial charge in [-0.05, 0) is 19.8 Å². The summed E-state index contributed by atoms with van der Waals surface area (Å²) in [5.74, 6) is 0. The summed E-state index contributed by atoms with van der Waals surface area (Å²) in [4.78, 5) is 0. The van der Waals surface area contributed by atoms with E-state index in [2.05, 4.69) is 13.8 Å². The second-order valence-electron chi connectivity index (χ2n) is 3.74. The summed E-state index contributed by atoms with van der Waals surface area (Å²) >= 11 is 0. The maximum absolute atomic E-state index is 12.2. The monoisotopic (exact) mass is 248 g/mol. The molecule has 0 aromatic heterocycles. The van der Waals surface area contributed by atoms with Crippen LogP contribution in [0.25, 0.3) is 0 Å². The van der Waals surface area contributed by atoms with Gasteiger partial charge in [0, 0.05) is 0 Å². The Morgan fingerprint density at radius 2 is 1.56 bits per heavy atom. The predicted octanol–water partition coefficient (Wildman–Crippen LogP) is 4.39. The molecule has 0 bridgehead atoms. The van der Waals surface area contributed by atoms with E-state index in [-0.39, 0.29) is 0 Å². The molecule has 4 heteroatoms. The molecule has 0 rings (SSSR count). The average molecular weight is 248 g/mol. The molecule has 3 nitrogen and oxygen atoms in total. The Hall–Kier alpha value is -0.110. The third kappa shape index (κ3) is 8.09. The molecule has 0 atom stereocenters. The first kappa shape index (κ1) is 15.9. The fourth-order valence-electron chi connectivity index (χ4n) is 1.07. The second kappa shape index (κ2) is 10.1. The number of unbranched alkanes of at least 4 members (excludes halogenated alkanes) is 2. The molecule has 0 amide bonds. The minimum Gasteiger partial charge on any atom is -0.308 e. The largest absolute Gasteiger partial charge is 0.334 e. The first-order valence-electron chi connectivity index (χ1n) is 6.17. The Morgan fingerprint density at radius 3 is 1.94 bits per heavy atom. The Balaban J connectivity index is 4.07. The standard InChI is InChI=1S/C12H25O3P/c1-4-7-10-14-16(13,12-9-6-3)15-11-8-5-2/h6,9H,4-5,7-8,10-12H2,1-3H3/b9-6+. The quantitative estimate of drug-likeness (QED) is 0.327. The lowest BCUT2D eigenvalue weighted by atomic mass is 10.4. The van der Waals surface area contributed by atoms with Crippen molar-refractivity contribution in [3.05, 3.63) is 12.2 Å². The lowest BCUT2D eigenvalue weighted by Gasteiger charge is -2.16. The zero-order chi connectivity index (χ0) is 12.3. The van der Waals surface area contributed by atoms with Gasteiger partial charge in [0.1, 0.15) is 0 Å². The number of hydrogen-bond donors (Lipinski definition) is 0. The summed E-state index contributed by atoms with van der Waals surface area (Å²) in [6.07, 6.45) is 8.04. The van der Waals surface area contributed by atoms with Gasteiger partial charge in [0.25, 0.3) is 0 Å². The van der Waals surface area contributed by atoms with Crippen molar-refractivity contribution >= 4 is 7.60 Å². The van der Waals surface area contributed by atoms with Crippen molar-refractivity contribution in [3.63, 3.8) is 0 Å². The van der Waals surface area contributed by atoms with Gasteiger partial charge in [-0.15, -0.1) is 0 Å². The average Bonchev–Trinajstić information content (AvgIpc) is 2.27. The Bertz CT molecular complexity index is 212. The van der Waals surface area contributed by atoms with Crippen molar-refractivity contribution in [3.8, 4) is 0 Å². The molecular formula is C12H25O3P. The van der Waals surface area contributed by atoms with E-state index < -0.39 is 7.60 Å². The fourth-order valence-corrected chi connectivity index (χ4v) is 2.64. The number of rotatable bonds is 10. The van der Waals surface area contributed by atoms with E-state index in [1.165, 1.54) is 0 Å². The van der Waals surface area contributed by atoms with Crippen LogP contribution in [0.1, 0.15) is 46.5 Å². The zero-order valence-electron chi connectivity index (χ0n) is 10.8. The van der Waals surface area contributed by atoms with Crippen LogP contribution >= 0.6 is 7.60 Å². The molecule has 0 saturated carbocycles. The van der Waals surface area contributed by atoms with Crippen LogP contribution in [0.3, 0.4) is 0 Å². The summed E-state index contributed by atoms with van der Waals surface area (Å²) < 4.78 is 23.0. The molecule has 16 heavy (non-hydrogen) atoms. The predicted molar refractivity (Wildman–Crippen MR) is 69.0 cm³/mol. The van der Waals surface area contributed by atoms with Crippen LogP contribution in [0.5, 0.6) is 0 Å². The molecule has 0 unspecified atom stereocenters. The van der Waals surface area contributed by atoms with Gasteiger partial charge in [-0.3, -0.25) is 4.57 Å². The Morgan fingerprint density at radius 1 is 1.06 bits per heavy atom. The van der Waals surface area contributed by atoms with Crippen molar-refractivity contribution in [2.75, 3.05) is 19.4 Å². The Labute approximate surface area is 99.8 Å². The molecule has 0 aliphatic carbocycles. The third-order valence-electron chi connectivity index (χ3n) is 2.14. The van der Waals surface area contributed by atoms with Gasteiger partial charge in [-0.2, -0.15) is 0 Å². The SMILES string of the molecule is C/C=C/CP(=O)(OCCCC)OCCCC. The fraction of sp³-hybridized carbons (Fsp3) is 0.833. The topological polar surface area (TPSA) is 35.5 Å². The maximum atomic E-state index is 12.2. The van der Waals surface area contributed by atoms with Gasteiger partial charge in [-0.25, -0.2) is 0 Å². The van der Waals surface area contributed by atoms with E-state index in [9.17, 15) is 4.57 Å². The molecule has 0 aliphatic heterocycles. The van der Waals surface area contributed by atoms with Crippen molar-refractivity contribution in [2.45, 2.75) is 46.5 Å². The van der Waals surface area contributed by atoms with Crippen LogP contribution in [-0.2, 0) is 13.6 Å². The molecule has 0 aliphatic rings. The van der Waals surface area contributed by atoms with Crippen LogP contribution in [0.4, 0.5) is 0 Å². The lowest BCUT2D eigenvalue weighted by molar-refractivity contribution is 0.202. The summed E-state index contributed by atoms with van der Waals surface area (Å²) in [5, 5.41) is 0. The summed E-state index contributed by atoms with van der Waals surface area (Å²) in [6, 6.07) is 0. The van der Waals surface area contributed by atoms with Crippen molar-refractivity contribution in [1.29, 1.82) is 0 Å². The normalized spacial score (nSPS) is 12.4. The van der Waals surface area contributed by atoms with Gasteiger partial charge in [0.2, 0.25) is 0 Å². The first-order valence-corrected chi connectivity index (χ1v) is 7.90. The van der Waals surface area contributed by atoms with Crippen LogP contribution in [0.2, 0.25) is 0 Å². The zero-order valence-corrected chi connectivity index (χ0v) is 11.7. The highest BCUT2D eigenvalue weighted by Crippen LogP contribution is 2.48. The molecule has 0 N–H and O–H groups in total. The lowest BCUT2D eigenvalue weighted by Crippen LogP contribution is -2.01. The van der Waals surface area contributed by atoms with Gasteiger partial charge >= 0.3 is 7.60 Å². The molecule has 0 fully saturated rings. The van der Waals surface area contributed by atoms with Crippen molar-refractivity contribution in [2.24, 2.45) is 0 Å². The molecule has 0 aromatic rings. The Kier molecular flexibility index (Phi) is 10.0. The van der Waals surface area contributed by atoms with Gasteiger partial charge in [0.05, 0.1) is 19.4 Å². The third-order valence-corrected chi connectivity index (χ3v) is 3.95. The van der Waals surface area contributed by atoms with Crippen molar-refractivity contribution in [1.82, 2.24) is 0 Å². The van der Waals surface area contributed by atoms with Crippen LogP contribution in [0, 0.1) is 0 Å². The maximum Gasteiger partial charge on any atom is 0.334 e. The highest BCUT2D eigenvalue weighted by atomic mass is 31.2. The first-order chi connectivity index (χ1) is 7.68. The molecule has 0 radical (unpaired) electrons. The van der Waals surface area contributed by atoms with E-state index in [1.807, 2.05) is 19.1 Å². The molecule has 0 spiro atoms. The van der Waals surface area contributed by atoms with E-state index >= 15 is 0 Å². The molecule has 0 aromatic carbocycles. The molecule has 0 heterocycles. The molecular weight excluding hydrogens is 223 g/mol. The highest BCUT2D eigenvalue weighted by molar-refractivity contribution is 7.54. The summed E-state index contributed by atoms with van der Waals surface area (Å²) in [5.41, 5.74) is 0. The number of allylic oxidation sites excluding steroid dienone is 2. The van der Waals surface area contributed by atoms with Gasteiger partial charge in [0.15, 0.2) is 0 Å². The van der Waals surface area contributed by atoms with E-state index in [0.717, 1.165) is 25.7 Å². The molecule has 96 valence electrons. The number of hydrogen-bond acceptors (Lipinski definition) is 3. The summed E-state index contributed by atoms with van der Waals surface area (Å²) in [7, 11) is -2.88. The minimum atomic E-state index is -2.88. The van der Waals surface area contributed by atoms with Crippen molar-refractivity contribution < 1.29 is 13.6 Å². The van der Waals surface area contributed by atoms with Crippen LogP contribution < -0.4 is 0 Å². The van der Waals surface area contributed by atoms with Crippen LogP contribution in [0.15, 0.2) is 12.2 Å². The van der Waals surface area contributed by atoms with E-state index in [0.29, 0.717) is 19.4 Å². The van der Waals surface area contributed by atoms with E-state index in [1.54, 1.807) is 0 Å². The van der Waals surface area contributed by atoms with Crippen LogP contribution in [-0.4, -0.2) is 19.4 Å². The minimum absolute atomic E-state index is 0.386. The van der Waals surface area contributed by atoms with Gasteiger partial charge in [-0.1, -0.05) is 38.8 Å². The summed E-state index contributed by atoms with van der Waals surface area (Å²) in [6.45, 7) is 7.12. The van der Waals surface area contributed by atoms with E-state index in [4.69, 9.17) is 9.05 Å². The highest BCUT2D eigenvalue weighted by Gasteiger charge is 2.22.